The fourth-order valence-corrected chi connectivity index (χ4v) is 2.32. The molecule has 1 N–H and O–H groups in total. The maximum absolute atomic E-state index is 8.77. The van der Waals surface area contributed by atoms with Crippen LogP contribution < -0.4 is 5.32 Å². The Bertz CT molecular complexity index is 544. The molecule has 2 heteroatoms. The van der Waals surface area contributed by atoms with E-state index in [9.17, 15) is 0 Å². The summed E-state index contributed by atoms with van der Waals surface area (Å²) in [4.78, 5) is 0. The highest BCUT2D eigenvalue weighted by Gasteiger charge is 2.08. The zero-order valence-electron chi connectivity index (χ0n) is 13.7. The Kier molecular flexibility index (Phi) is 8.64. The Labute approximate surface area is 134 Å². The van der Waals surface area contributed by atoms with Crippen molar-refractivity contribution in [1.82, 2.24) is 5.32 Å². The van der Waals surface area contributed by atoms with Gasteiger partial charge in [-0.25, -0.2) is 0 Å². The van der Waals surface area contributed by atoms with Crippen LogP contribution in [0.1, 0.15) is 37.8 Å². The molecular formula is C20H26N2. The third kappa shape index (κ3) is 5.71. The number of nitrogens with one attached hydrogen (secondary N) is 1. The third-order valence-electron chi connectivity index (χ3n) is 3.48. The monoisotopic (exact) mass is 294 g/mol. The highest BCUT2D eigenvalue weighted by molar-refractivity contribution is 5.32. The first-order chi connectivity index (χ1) is 10.8. The Morgan fingerprint density at radius 1 is 1.27 bits per heavy atom. The number of nitrogens with zero attached hydrogens (tertiary/aromatic N) is 1. The molecule has 1 unspecified atom stereocenters. The van der Waals surface area contributed by atoms with Crippen molar-refractivity contribution in [3.8, 4) is 6.07 Å². The quantitative estimate of drug-likeness (QED) is 0.781. The number of hydrogen-bond donors (Lipinski definition) is 1. The molecule has 0 bridgehead atoms. The maximum Gasteiger partial charge on any atom is 0.0991 e. The van der Waals surface area contributed by atoms with Crippen molar-refractivity contribution in [2.75, 3.05) is 6.54 Å². The van der Waals surface area contributed by atoms with Crippen molar-refractivity contribution in [3.63, 3.8) is 0 Å². The highest BCUT2D eigenvalue weighted by Crippen LogP contribution is 2.14. The first kappa shape index (κ1) is 17.9. The molecule has 1 atom stereocenters. The van der Waals surface area contributed by atoms with E-state index in [2.05, 4.69) is 36.2 Å². The van der Waals surface area contributed by atoms with Crippen molar-refractivity contribution in [2.24, 2.45) is 0 Å². The van der Waals surface area contributed by atoms with Crippen LogP contribution in [0.25, 0.3) is 0 Å². The largest absolute Gasteiger partial charge is 0.306 e. The number of rotatable bonds is 6. The summed E-state index contributed by atoms with van der Waals surface area (Å²) in [6.45, 7) is 8.81. The fourth-order valence-electron chi connectivity index (χ4n) is 2.32. The van der Waals surface area contributed by atoms with Crippen molar-refractivity contribution < 1.29 is 0 Å². The van der Waals surface area contributed by atoms with Crippen LogP contribution >= 0.6 is 0 Å². The molecule has 0 fully saturated rings. The molecule has 22 heavy (non-hydrogen) atoms. The van der Waals surface area contributed by atoms with Gasteiger partial charge in [-0.15, -0.1) is 6.58 Å². The Hall–Kier alpha value is -2.11. The fraction of sp³-hybridized carbons (Fsp3) is 0.350. The molecule has 0 aliphatic heterocycles. The van der Waals surface area contributed by atoms with Gasteiger partial charge < -0.3 is 5.32 Å². The lowest BCUT2D eigenvalue weighted by atomic mass is 10.00. The van der Waals surface area contributed by atoms with E-state index in [1.54, 1.807) is 0 Å². The summed E-state index contributed by atoms with van der Waals surface area (Å²) in [5.41, 5.74) is 3.27. The van der Waals surface area contributed by atoms with Crippen LogP contribution in [0.2, 0.25) is 0 Å². The van der Waals surface area contributed by atoms with Gasteiger partial charge in [0.25, 0.3) is 0 Å². The molecule has 0 saturated carbocycles. The summed E-state index contributed by atoms with van der Waals surface area (Å²) in [7, 11) is 0. The summed E-state index contributed by atoms with van der Waals surface area (Å²) >= 11 is 0. The van der Waals surface area contributed by atoms with Crippen molar-refractivity contribution >= 4 is 0 Å². The first-order valence-electron chi connectivity index (χ1n) is 8.05. The third-order valence-corrected chi connectivity index (χ3v) is 3.48. The van der Waals surface area contributed by atoms with Gasteiger partial charge in [-0.1, -0.05) is 50.3 Å². The predicted molar refractivity (Wildman–Crippen MR) is 94.7 cm³/mol. The molecule has 2 rings (SSSR count). The topological polar surface area (TPSA) is 35.8 Å². The van der Waals surface area contributed by atoms with Crippen molar-refractivity contribution in [2.45, 2.75) is 39.2 Å². The van der Waals surface area contributed by atoms with Gasteiger partial charge in [0.2, 0.25) is 0 Å². The maximum atomic E-state index is 8.77. The summed E-state index contributed by atoms with van der Waals surface area (Å²) in [6, 6.07) is 10.1. The summed E-state index contributed by atoms with van der Waals surface area (Å²) in [6.07, 6.45) is 11.8. The van der Waals surface area contributed by atoms with E-state index >= 15 is 0 Å². The number of benzene rings is 1. The van der Waals surface area contributed by atoms with E-state index in [1.165, 1.54) is 11.1 Å². The Balaban J connectivity index is 0.00000116. The van der Waals surface area contributed by atoms with Gasteiger partial charge in [0, 0.05) is 12.6 Å². The lowest BCUT2D eigenvalue weighted by Crippen LogP contribution is -2.30. The van der Waals surface area contributed by atoms with Gasteiger partial charge in [-0.2, -0.15) is 5.26 Å². The SMILES string of the molecule is C=CC(NCCc1ccc(C#N)cc1)C1=CCCC=C1.CC. The molecule has 1 aromatic rings. The molecule has 116 valence electrons. The van der Waals surface area contributed by atoms with Crippen molar-refractivity contribution in [1.29, 1.82) is 5.26 Å². The van der Waals surface area contributed by atoms with E-state index in [0.717, 1.165) is 25.8 Å². The van der Waals surface area contributed by atoms with Crippen LogP contribution in [-0.4, -0.2) is 12.6 Å². The minimum Gasteiger partial charge on any atom is -0.306 e. The Morgan fingerprint density at radius 3 is 2.55 bits per heavy atom. The lowest BCUT2D eigenvalue weighted by molar-refractivity contribution is 0.653. The molecular weight excluding hydrogens is 268 g/mol. The van der Waals surface area contributed by atoms with Gasteiger partial charge >= 0.3 is 0 Å². The zero-order valence-corrected chi connectivity index (χ0v) is 13.7. The normalized spacial score (nSPS) is 14.1. The molecule has 1 aliphatic rings. The van der Waals surface area contributed by atoms with E-state index in [0.29, 0.717) is 5.56 Å². The smallest absolute Gasteiger partial charge is 0.0991 e. The lowest BCUT2D eigenvalue weighted by Gasteiger charge is -2.18. The number of hydrogen-bond acceptors (Lipinski definition) is 2. The van der Waals surface area contributed by atoms with Crippen LogP contribution in [0.3, 0.4) is 0 Å². The van der Waals surface area contributed by atoms with Crippen molar-refractivity contribution in [3.05, 3.63) is 71.8 Å². The highest BCUT2D eigenvalue weighted by atomic mass is 14.9. The summed E-state index contributed by atoms with van der Waals surface area (Å²) in [5, 5.41) is 12.3. The summed E-state index contributed by atoms with van der Waals surface area (Å²) in [5.74, 6) is 0. The molecule has 0 spiro atoms. The standard InChI is InChI=1S/C18H20N2.C2H6/c1-2-18(17-6-4-3-5-7-17)20-13-12-15-8-10-16(14-19)11-9-15;1-2/h2,4,6-11,18,20H,1,3,5,12-13H2;1-2H3. The predicted octanol–water partition coefficient (Wildman–Crippen LogP) is 4.55. The van der Waals surface area contributed by atoms with Crippen LogP contribution in [0, 0.1) is 11.3 Å². The van der Waals surface area contributed by atoms with Crippen LogP contribution in [-0.2, 0) is 6.42 Å². The number of nitriles is 1. The van der Waals surface area contributed by atoms with E-state index in [4.69, 9.17) is 5.26 Å². The van der Waals surface area contributed by atoms with Gasteiger partial charge in [0.15, 0.2) is 0 Å². The molecule has 2 nitrogen and oxygen atoms in total. The van der Waals surface area contributed by atoms with Crippen LogP contribution in [0.15, 0.2) is 60.7 Å². The van der Waals surface area contributed by atoms with Gasteiger partial charge in [0.05, 0.1) is 11.6 Å². The van der Waals surface area contributed by atoms with Gasteiger partial charge in [-0.3, -0.25) is 0 Å². The molecule has 0 amide bonds. The second-order valence-electron chi connectivity index (χ2n) is 4.91. The molecule has 0 radical (unpaired) electrons. The molecule has 0 heterocycles. The minimum atomic E-state index is 0.227. The van der Waals surface area contributed by atoms with E-state index in [-0.39, 0.29) is 6.04 Å². The second-order valence-corrected chi connectivity index (χ2v) is 4.91. The molecule has 0 aromatic heterocycles. The van der Waals surface area contributed by atoms with Gasteiger partial charge in [0.1, 0.15) is 0 Å². The zero-order chi connectivity index (χ0) is 16.2. The van der Waals surface area contributed by atoms with Crippen LogP contribution in [0.5, 0.6) is 0 Å². The van der Waals surface area contributed by atoms with Crippen LogP contribution in [0.4, 0.5) is 0 Å². The minimum absolute atomic E-state index is 0.227. The summed E-state index contributed by atoms with van der Waals surface area (Å²) < 4.78 is 0. The van der Waals surface area contributed by atoms with E-state index in [1.807, 2.05) is 44.2 Å². The number of allylic oxidation sites excluding steroid dienone is 2. The second kappa shape index (κ2) is 10.6. The van der Waals surface area contributed by atoms with Gasteiger partial charge in [-0.05, 0) is 42.5 Å². The first-order valence-corrected chi connectivity index (χ1v) is 8.05. The Morgan fingerprint density at radius 2 is 2.00 bits per heavy atom. The molecule has 1 aromatic carbocycles. The molecule has 1 aliphatic carbocycles. The average molecular weight is 294 g/mol. The van der Waals surface area contributed by atoms with E-state index < -0.39 is 0 Å². The molecule has 0 saturated heterocycles. The average Bonchev–Trinajstić information content (AvgIpc) is 2.62.